The second kappa shape index (κ2) is 4.04. The van der Waals surface area contributed by atoms with E-state index in [0.717, 1.165) is 24.4 Å². The molecule has 0 spiro atoms. The van der Waals surface area contributed by atoms with E-state index in [-0.39, 0.29) is 0 Å². The highest BCUT2D eigenvalue weighted by atomic mass is 15.3. The molecule has 4 heteroatoms. The Morgan fingerprint density at radius 3 is 2.94 bits per heavy atom. The molecule has 0 aromatic carbocycles. The van der Waals surface area contributed by atoms with Gasteiger partial charge >= 0.3 is 0 Å². The minimum absolute atomic E-state index is 0.661. The quantitative estimate of drug-likeness (QED) is 0.779. The van der Waals surface area contributed by atoms with E-state index >= 15 is 0 Å². The number of rotatable bonds is 4. The van der Waals surface area contributed by atoms with Crippen molar-refractivity contribution >= 4 is 0 Å². The third-order valence-corrected chi connectivity index (χ3v) is 2.92. The summed E-state index contributed by atoms with van der Waals surface area (Å²) >= 11 is 0. The van der Waals surface area contributed by atoms with E-state index in [1.54, 1.807) is 0 Å². The van der Waals surface area contributed by atoms with E-state index in [4.69, 9.17) is 0 Å². The Morgan fingerprint density at radius 2 is 2.19 bits per heavy atom. The van der Waals surface area contributed by atoms with E-state index in [1.807, 2.05) is 24.7 Å². The van der Waals surface area contributed by atoms with Crippen LogP contribution in [0, 0.1) is 0 Å². The Labute approximate surface area is 94.4 Å². The van der Waals surface area contributed by atoms with Crippen LogP contribution in [0.5, 0.6) is 0 Å². The molecular weight excluding hydrogens is 200 g/mol. The minimum Gasteiger partial charge on any atom is -0.314 e. The first kappa shape index (κ1) is 9.51. The van der Waals surface area contributed by atoms with Gasteiger partial charge in [0.05, 0.1) is 0 Å². The van der Waals surface area contributed by atoms with Gasteiger partial charge in [-0.3, -0.25) is 4.98 Å². The van der Waals surface area contributed by atoms with Crippen LogP contribution in [0.4, 0.5) is 0 Å². The molecule has 4 nitrogen and oxygen atoms in total. The van der Waals surface area contributed by atoms with E-state index < -0.39 is 0 Å². The molecule has 2 aromatic heterocycles. The monoisotopic (exact) mass is 214 g/mol. The molecule has 0 atom stereocenters. The number of pyridine rings is 1. The maximum atomic E-state index is 4.31. The third-order valence-electron chi connectivity index (χ3n) is 2.92. The van der Waals surface area contributed by atoms with Crippen LogP contribution in [0.15, 0.2) is 30.7 Å². The van der Waals surface area contributed by atoms with Gasteiger partial charge in [-0.25, -0.2) is 0 Å². The molecule has 2 heterocycles. The summed E-state index contributed by atoms with van der Waals surface area (Å²) in [6, 6.07) is 6.68. The molecule has 0 N–H and O–H groups in total. The SMILES string of the molecule is c1ccc(CCc2nncn2C2CC2)nc1. The van der Waals surface area contributed by atoms with Gasteiger partial charge in [-0.05, 0) is 31.4 Å². The first-order chi connectivity index (χ1) is 7.93. The molecule has 0 unspecified atom stereocenters. The number of nitrogens with zero attached hydrogens (tertiary/aromatic N) is 4. The number of hydrogen-bond acceptors (Lipinski definition) is 3. The van der Waals surface area contributed by atoms with Crippen LogP contribution in [-0.4, -0.2) is 19.7 Å². The lowest BCUT2D eigenvalue weighted by atomic mass is 10.2. The summed E-state index contributed by atoms with van der Waals surface area (Å²) in [4.78, 5) is 4.31. The van der Waals surface area contributed by atoms with E-state index in [1.165, 1.54) is 12.8 Å². The van der Waals surface area contributed by atoms with Crippen molar-refractivity contribution in [2.45, 2.75) is 31.7 Å². The van der Waals surface area contributed by atoms with Crippen LogP contribution in [0.2, 0.25) is 0 Å². The summed E-state index contributed by atoms with van der Waals surface area (Å²) < 4.78 is 2.21. The van der Waals surface area contributed by atoms with Crippen molar-refractivity contribution in [1.82, 2.24) is 19.7 Å². The first-order valence-electron chi connectivity index (χ1n) is 5.72. The van der Waals surface area contributed by atoms with Crippen molar-refractivity contribution in [2.75, 3.05) is 0 Å². The Hall–Kier alpha value is -1.71. The third kappa shape index (κ3) is 1.96. The predicted molar refractivity (Wildman–Crippen MR) is 59.9 cm³/mol. The van der Waals surface area contributed by atoms with Gasteiger partial charge in [-0.1, -0.05) is 6.07 Å². The number of aromatic nitrogens is 4. The van der Waals surface area contributed by atoms with Gasteiger partial charge in [-0.15, -0.1) is 10.2 Å². The molecule has 0 aliphatic heterocycles. The van der Waals surface area contributed by atoms with Gasteiger partial charge in [0.15, 0.2) is 0 Å². The van der Waals surface area contributed by atoms with Crippen LogP contribution in [0.1, 0.15) is 30.4 Å². The molecule has 16 heavy (non-hydrogen) atoms. The average Bonchev–Trinajstić information content (AvgIpc) is 3.07. The summed E-state index contributed by atoms with van der Waals surface area (Å²) in [7, 11) is 0. The molecule has 1 aliphatic carbocycles. The normalized spacial score (nSPS) is 15.2. The van der Waals surface area contributed by atoms with Crippen molar-refractivity contribution in [1.29, 1.82) is 0 Å². The molecule has 82 valence electrons. The van der Waals surface area contributed by atoms with E-state index in [2.05, 4.69) is 25.8 Å². The topological polar surface area (TPSA) is 43.6 Å². The van der Waals surface area contributed by atoms with Gasteiger partial charge < -0.3 is 4.57 Å². The lowest BCUT2D eigenvalue weighted by molar-refractivity contribution is 0.670. The molecule has 0 bridgehead atoms. The Morgan fingerprint density at radius 1 is 1.25 bits per heavy atom. The molecule has 1 aliphatic rings. The zero-order chi connectivity index (χ0) is 10.8. The first-order valence-corrected chi connectivity index (χ1v) is 5.72. The number of hydrogen-bond donors (Lipinski definition) is 0. The summed E-state index contributed by atoms with van der Waals surface area (Å²) in [5.74, 6) is 1.09. The van der Waals surface area contributed by atoms with E-state index in [0.29, 0.717) is 6.04 Å². The van der Waals surface area contributed by atoms with Crippen molar-refractivity contribution in [3.8, 4) is 0 Å². The molecule has 0 radical (unpaired) electrons. The number of aryl methyl sites for hydroxylation is 2. The molecule has 0 amide bonds. The van der Waals surface area contributed by atoms with Crippen LogP contribution in [0.25, 0.3) is 0 Å². The standard InChI is InChI=1S/C12H14N4/c1-2-8-13-10(3-1)4-7-12-15-14-9-16(12)11-5-6-11/h1-3,8-9,11H,4-7H2. The minimum atomic E-state index is 0.661. The summed E-state index contributed by atoms with van der Waals surface area (Å²) in [6.45, 7) is 0. The van der Waals surface area contributed by atoms with Gasteiger partial charge in [-0.2, -0.15) is 0 Å². The maximum absolute atomic E-state index is 4.31. The largest absolute Gasteiger partial charge is 0.314 e. The highest BCUT2D eigenvalue weighted by molar-refractivity contribution is 5.06. The maximum Gasteiger partial charge on any atom is 0.133 e. The van der Waals surface area contributed by atoms with Gasteiger partial charge in [0.25, 0.3) is 0 Å². The van der Waals surface area contributed by atoms with E-state index in [9.17, 15) is 0 Å². The van der Waals surface area contributed by atoms with Crippen molar-refractivity contribution in [3.63, 3.8) is 0 Å². The second-order valence-electron chi connectivity index (χ2n) is 4.21. The smallest absolute Gasteiger partial charge is 0.133 e. The second-order valence-corrected chi connectivity index (χ2v) is 4.21. The van der Waals surface area contributed by atoms with Crippen molar-refractivity contribution < 1.29 is 0 Å². The fourth-order valence-electron chi connectivity index (χ4n) is 1.89. The summed E-state index contributed by atoms with van der Waals surface area (Å²) in [5, 5.41) is 8.17. The summed E-state index contributed by atoms with van der Waals surface area (Å²) in [5.41, 5.74) is 1.12. The van der Waals surface area contributed by atoms with Crippen LogP contribution in [-0.2, 0) is 12.8 Å². The highest BCUT2D eigenvalue weighted by Crippen LogP contribution is 2.35. The molecule has 1 saturated carbocycles. The van der Waals surface area contributed by atoms with Gasteiger partial charge in [0, 0.05) is 24.4 Å². The van der Waals surface area contributed by atoms with Crippen LogP contribution in [0.3, 0.4) is 0 Å². The van der Waals surface area contributed by atoms with Crippen LogP contribution < -0.4 is 0 Å². The lowest BCUT2D eigenvalue weighted by Gasteiger charge is -2.03. The Kier molecular flexibility index (Phi) is 2.40. The summed E-state index contributed by atoms with van der Waals surface area (Å²) in [6.07, 6.45) is 8.09. The molecule has 2 aromatic rings. The predicted octanol–water partition coefficient (Wildman–Crippen LogP) is 1.79. The zero-order valence-corrected chi connectivity index (χ0v) is 9.08. The van der Waals surface area contributed by atoms with Crippen molar-refractivity contribution in [3.05, 3.63) is 42.2 Å². The molecule has 1 fully saturated rings. The molecule has 3 rings (SSSR count). The zero-order valence-electron chi connectivity index (χ0n) is 9.08. The van der Waals surface area contributed by atoms with Crippen LogP contribution >= 0.6 is 0 Å². The molecular formula is C12H14N4. The fourth-order valence-corrected chi connectivity index (χ4v) is 1.89. The highest BCUT2D eigenvalue weighted by Gasteiger charge is 2.25. The lowest BCUT2D eigenvalue weighted by Crippen LogP contribution is -2.03. The Bertz CT molecular complexity index is 459. The fraction of sp³-hybridized carbons (Fsp3) is 0.417. The molecule has 0 saturated heterocycles. The van der Waals surface area contributed by atoms with Gasteiger partial charge in [0.2, 0.25) is 0 Å². The van der Waals surface area contributed by atoms with Gasteiger partial charge in [0.1, 0.15) is 12.2 Å². The average molecular weight is 214 g/mol. The Balaban J connectivity index is 1.68. The van der Waals surface area contributed by atoms with Crippen molar-refractivity contribution in [2.24, 2.45) is 0 Å².